The Morgan fingerprint density at radius 3 is 2.15 bits per heavy atom. The van der Waals surface area contributed by atoms with Crippen molar-refractivity contribution in [3.63, 3.8) is 0 Å². The number of amides is 2. The van der Waals surface area contributed by atoms with E-state index >= 15 is 0 Å². The number of aryl methyl sites for hydroxylation is 2. The molecule has 5 nitrogen and oxygen atoms in total. The molecule has 0 aromatic heterocycles. The van der Waals surface area contributed by atoms with Gasteiger partial charge in [-0.05, 0) is 69.2 Å². The van der Waals surface area contributed by atoms with Gasteiger partial charge in [-0.1, -0.05) is 48.0 Å². The van der Waals surface area contributed by atoms with Crippen LogP contribution in [0, 0.1) is 13.8 Å². The number of ether oxygens (including phenoxy) is 1. The quantitative estimate of drug-likeness (QED) is 0.455. The third-order valence-electron chi connectivity index (χ3n) is 5.76. The van der Waals surface area contributed by atoms with Crippen LogP contribution in [0.3, 0.4) is 0 Å². The molecule has 168 valence electrons. The van der Waals surface area contributed by atoms with Gasteiger partial charge in [0.25, 0.3) is 11.8 Å². The van der Waals surface area contributed by atoms with Crippen molar-refractivity contribution in [2.24, 2.45) is 0 Å². The molecule has 3 aromatic carbocycles. The van der Waals surface area contributed by atoms with E-state index in [0.717, 1.165) is 22.6 Å². The minimum atomic E-state index is -0.319. The molecule has 5 heteroatoms. The van der Waals surface area contributed by atoms with Gasteiger partial charge < -0.3 is 9.64 Å². The van der Waals surface area contributed by atoms with Crippen molar-refractivity contribution < 1.29 is 14.3 Å². The lowest BCUT2D eigenvalue weighted by molar-refractivity contribution is -0.120. The van der Waals surface area contributed by atoms with Gasteiger partial charge in [-0.25, -0.2) is 4.90 Å². The molecule has 0 spiro atoms. The van der Waals surface area contributed by atoms with Gasteiger partial charge in [-0.2, -0.15) is 0 Å². The van der Waals surface area contributed by atoms with E-state index < -0.39 is 0 Å². The van der Waals surface area contributed by atoms with Crippen LogP contribution in [0.5, 0.6) is 5.75 Å². The predicted octanol–water partition coefficient (Wildman–Crippen LogP) is 5.51. The van der Waals surface area contributed by atoms with Crippen LogP contribution >= 0.6 is 0 Å². The standard InChI is InChI=1S/C28H28N2O3/c1-5-29(22-10-8-7-9-11-22)26-25(21-13-15-23(16-14-21)33-6-2)27(31)30(28(26)32)24-17-12-19(3)18-20(24)4/h7-18H,5-6H2,1-4H3. The van der Waals surface area contributed by atoms with Crippen molar-refractivity contribution in [2.75, 3.05) is 23.0 Å². The zero-order valence-corrected chi connectivity index (χ0v) is 19.5. The molecule has 0 aliphatic carbocycles. The van der Waals surface area contributed by atoms with E-state index in [1.54, 1.807) is 0 Å². The highest BCUT2D eigenvalue weighted by Gasteiger charge is 2.43. The highest BCUT2D eigenvalue weighted by molar-refractivity contribution is 6.46. The Kier molecular flexibility index (Phi) is 6.31. The summed E-state index contributed by atoms with van der Waals surface area (Å²) in [6.45, 7) is 8.92. The Bertz CT molecular complexity index is 1210. The Hall–Kier alpha value is -3.86. The van der Waals surface area contributed by atoms with E-state index in [-0.39, 0.29) is 11.8 Å². The number of hydrogen-bond donors (Lipinski definition) is 0. The Labute approximate surface area is 194 Å². The number of imide groups is 1. The van der Waals surface area contributed by atoms with Crippen molar-refractivity contribution >= 4 is 28.8 Å². The summed E-state index contributed by atoms with van der Waals surface area (Å²) in [5, 5.41) is 0. The molecule has 0 unspecified atom stereocenters. The van der Waals surface area contributed by atoms with Crippen LogP contribution in [-0.4, -0.2) is 25.0 Å². The highest BCUT2D eigenvalue weighted by Crippen LogP contribution is 2.38. The highest BCUT2D eigenvalue weighted by atomic mass is 16.5. The van der Waals surface area contributed by atoms with Gasteiger partial charge in [-0.3, -0.25) is 9.59 Å². The van der Waals surface area contributed by atoms with Crippen LogP contribution < -0.4 is 14.5 Å². The largest absolute Gasteiger partial charge is 0.494 e. The number of para-hydroxylation sites is 1. The van der Waals surface area contributed by atoms with Gasteiger partial charge in [0.1, 0.15) is 11.4 Å². The van der Waals surface area contributed by atoms with Gasteiger partial charge in [-0.15, -0.1) is 0 Å². The maximum Gasteiger partial charge on any atom is 0.282 e. The van der Waals surface area contributed by atoms with E-state index in [1.165, 1.54) is 4.90 Å². The Balaban J connectivity index is 1.89. The fraction of sp³-hybridized carbons (Fsp3) is 0.214. The average Bonchev–Trinajstić information content (AvgIpc) is 3.06. The predicted molar refractivity (Wildman–Crippen MR) is 132 cm³/mol. The third-order valence-corrected chi connectivity index (χ3v) is 5.76. The second kappa shape index (κ2) is 9.33. The zero-order chi connectivity index (χ0) is 23.5. The van der Waals surface area contributed by atoms with Gasteiger partial charge >= 0.3 is 0 Å². The molecule has 33 heavy (non-hydrogen) atoms. The molecule has 1 aliphatic rings. The van der Waals surface area contributed by atoms with Crippen LogP contribution in [0.25, 0.3) is 5.57 Å². The van der Waals surface area contributed by atoms with E-state index in [2.05, 4.69) is 0 Å². The minimum absolute atomic E-state index is 0.318. The van der Waals surface area contributed by atoms with Gasteiger partial charge in [0.15, 0.2) is 0 Å². The molecule has 0 radical (unpaired) electrons. The van der Waals surface area contributed by atoms with Crippen LogP contribution in [-0.2, 0) is 9.59 Å². The molecule has 3 aromatic rings. The Morgan fingerprint density at radius 1 is 0.848 bits per heavy atom. The summed E-state index contributed by atoms with van der Waals surface area (Å²) in [7, 11) is 0. The van der Waals surface area contributed by atoms with Crippen LogP contribution in [0.15, 0.2) is 78.5 Å². The second-order valence-electron chi connectivity index (χ2n) is 8.00. The minimum Gasteiger partial charge on any atom is -0.494 e. The van der Waals surface area contributed by atoms with Crippen molar-refractivity contribution in [1.29, 1.82) is 0 Å². The third kappa shape index (κ3) is 4.14. The number of nitrogens with zero attached hydrogens (tertiary/aromatic N) is 2. The van der Waals surface area contributed by atoms with Crippen LogP contribution in [0.1, 0.15) is 30.5 Å². The fourth-order valence-electron chi connectivity index (χ4n) is 4.27. The summed E-state index contributed by atoms with van der Waals surface area (Å²) in [6, 6.07) is 22.8. The second-order valence-corrected chi connectivity index (χ2v) is 8.00. The van der Waals surface area contributed by atoms with E-state index in [1.807, 2.05) is 105 Å². The Morgan fingerprint density at radius 2 is 1.55 bits per heavy atom. The lowest BCUT2D eigenvalue weighted by Gasteiger charge is -2.25. The summed E-state index contributed by atoms with van der Waals surface area (Å²) < 4.78 is 5.56. The summed E-state index contributed by atoms with van der Waals surface area (Å²) in [6.07, 6.45) is 0. The van der Waals surface area contributed by atoms with Gasteiger partial charge in [0.2, 0.25) is 0 Å². The van der Waals surface area contributed by atoms with Gasteiger partial charge in [0, 0.05) is 12.2 Å². The average molecular weight is 441 g/mol. The number of rotatable bonds is 7. The lowest BCUT2D eigenvalue weighted by atomic mass is 10.0. The summed E-state index contributed by atoms with van der Waals surface area (Å²) in [4.78, 5) is 30.9. The first kappa shape index (κ1) is 22.3. The van der Waals surface area contributed by atoms with E-state index in [0.29, 0.717) is 35.7 Å². The molecule has 0 bridgehead atoms. The first-order chi connectivity index (χ1) is 16.0. The molecule has 0 fully saturated rings. The molecular formula is C28H28N2O3. The van der Waals surface area contributed by atoms with Crippen molar-refractivity contribution in [1.82, 2.24) is 0 Å². The molecule has 2 amide bonds. The lowest BCUT2D eigenvalue weighted by Crippen LogP contribution is -2.35. The molecule has 1 aliphatic heterocycles. The van der Waals surface area contributed by atoms with Crippen molar-refractivity contribution in [2.45, 2.75) is 27.7 Å². The first-order valence-electron chi connectivity index (χ1n) is 11.2. The monoisotopic (exact) mass is 440 g/mol. The molecular weight excluding hydrogens is 412 g/mol. The molecule has 0 atom stereocenters. The van der Waals surface area contributed by atoms with E-state index in [4.69, 9.17) is 4.74 Å². The number of hydrogen-bond acceptors (Lipinski definition) is 4. The maximum atomic E-state index is 13.9. The summed E-state index contributed by atoms with van der Waals surface area (Å²) >= 11 is 0. The molecule has 0 saturated carbocycles. The number of carbonyl (C=O) groups excluding carboxylic acids is 2. The summed E-state index contributed by atoms with van der Waals surface area (Å²) in [5.41, 5.74) is 4.90. The molecule has 0 saturated heterocycles. The van der Waals surface area contributed by atoms with Crippen LogP contribution in [0.2, 0.25) is 0 Å². The van der Waals surface area contributed by atoms with Crippen molar-refractivity contribution in [3.8, 4) is 5.75 Å². The smallest absolute Gasteiger partial charge is 0.282 e. The SMILES string of the molecule is CCOc1ccc(C2=C(N(CC)c3ccccc3)C(=O)N(c3ccc(C)cc3C)C2=O)cc1. The van der Waals surface area contributed by atoms with Crippen LogP contribution in [0.4, 0.5) is 11.4 Å². The molecule has 4 rings (SSSR count). The topological polar surface area (TPSA) is 49.9 Å². The zero-order valence-electron chi connectivity index (χ0n) is 19.5. The van der Waals surface area contributed by atoms with Crippen molar-refractivity contribution in [3.05, 3.63) is 95.2 Å². The molecule has 1 heterocycles. The number of likely N-dealkylation sites (N-methyl/N-ethyl adjacent to an activating group) is 1. The number of anilines is 2. The maximum absolute atomic E-state index is 13.9. The van der Waals surface area contributed by atoms with E-state index in [9.17, 15) is 9.59 Å². The number of carbonyl (C=O) groups is 2. The first-order valence-corrected chi connectivity index (χ1v) is 11.2. The number of benzene rings is 3. The fourth-order valence-corrected chi connectivity index (χ4v) is 4.27. The van der Waals surface area contributed by atoms with Gasteiger partial charge in [0.05, 0.1) is 17.9 Å². The summed E-state index contributed by atoms with van der Waals surface area (Å²) in [5.74, 6) is 0.0869. The normalized spacial score (nSPS) is 13.6. The molecule has 0 N–H and O–H groups in total.